The van der Waals surface area contributed by atoms with Gasteiger partial charge >= 0.3 is 0 Å². The van der Waals surface area contributed by atoms with Crippen molar-refractivity contribution in [2.75, 3.05) is 10.6 Å². The fraction of sp³-hybridized carbons (Fsp3) is 0.238. The highest BCUT2D eigenvalue weighted by Gasteiger charge is 2.11. The Morgan fingerprint density at radius 3 is 2.46 bits per heavy atom. The maximum Gasteiger partial charge on any atom is 0.255 e. The van der Waals surface area contributed by atoms with Crippen molar-refractivity contribution >= 4 is 34.1 Å². The highest BCUT2D eigenvalue weighted by molar-refractivity contribution is 6.07. The molecule has 0 aliphatic rings. The van der Waals surface area contributed by atoms with Crippen molar-refractivity contribution in [3.8, 4) is 0 Å². The van der Waals surface area contributed by atoms with Crippen LogP contribution in [0.15, 0.2) is 42.5 Å². The Kier molecular flexibility index (Phi) is 5.07. The number of amides is 2. The number of fused-ring (bicyclic) bond motifs is 1. The first-order chi connectivity index (χ1) is 12.5. The summed E-state index contributed by atoms with van der Waals surface area (Å²) < 4.78 is 0. The molecule has 0 saturated carbocycles. The van der Waals surface area contributed by atoms with Crippen LogP contribution >= 0.6 is 0 Å². The van der Waals surface area contributed by atoms with E-state index in [4.69, 9.17) is 0 Å². The summed E-state index contributed by atoms with van der Waals surface area (Å²) in [5.41, 5.74) is 5.20. The van der Waals surface area contributed by atoms with Crippen molar-refractivity contribution in [1.82, 2.24) is 4.98 Å². The molecule has 0 aliphatic heterocycles. The van der Waals surface area contributed by atoms with Crippen LogP contribution in [0.1, 0.15) is 41.4 Å². The van der Waals surface area contributed by atoms with Gasteiger partial charge in [-0.05, 0) is 62.2 Å². The Bertz CT molecular complexity index is 973. The quantitative estimate of drug-likeness (QED) is 0.620. The van der Waals surface area contributed by atoms with E-state index in [-0.39, 0.29) is 11.8 Å². The molecule has 3 N–H and O–H groups in total. The highest BCUT2D eigenvalue weighted by Crippen LogP contribution is 2.23. The minimum Gasteiger partial charge on any atom is -0.358 e. The number of rotatable bonds is 5. The SMILES string of the molecule is CCCC(=O)Nc1cccc(NC(=O)c2ccc3[nH]c(C)c(C)c3c2)c1. The summed E-state index contributed by atoms with van der Waals surface area (Å²) in [6.07, 6.45) is 1.27. The summed E-state index contributed by atoms with van der Waals surface area (Å²) in [6, 6.07) is 12.8. The first kappa shape index (κ1) is 17.7. The maximum atomic E-state index is 12.6. The molecule has 0 unspecified atom stereocenters. The average molecular weight is 349 g/mol. The van der Waals surface area contributed by atoms with Gasteiger partial charge in [-0.2, -0.15) is 0 Å². The Morgan fingerprint density at radius 1 is 1.00 bits per heavy atom. The van der Waals surface area contributed by atoms with Gasteiger partial charge in [-0.3, -0.25) is 9.59 Å². The molecule has 0 radical (unpaired) electrons. The molecule has 2 aromatic carbocycles. The van der Waals surface area contributed by atoms with E-state index in [0.717, 1.165) is 28.6 Å². The third-order valence-electron chi connectivity index (χ3n) is 4.45. The van der Waals surface area contributed by atoms with Gasteiger partial charge < -0.3 is 15.6 Å². The zero-order chi connectivity index (χ0) is 18.7. The number of aryl methyl sites for hydroxylation is 2. The molecular formula is C21H23N3O2. The molecule has 0 bridgehead atoms. The minimum absolute atomic E-state index is 0.0280. The molecular weight excluding hydrogens is 326 g/mol. The number of hydrogen-bond donors (Lipinski definition) is 3. The van der Waals surface area contributed by atoms with Crippen molar-refractivity contribution in [3.05, 3.63) is 59.3 Å². The van der Waals surface area contributed by atoms with Crippen LogP contribution in [0.25, 0.3) is 10.9 Å². The molecule has 3 rings (SSSR count). The second-order valence-electron chi connectivity index (χ2n) is 6.47. The number of aromatic amines is 1. The molecule has 0 atom stereocenters. The summed E-state index contributed by atoms with van der Waals surface area (Å²) in [5.74, 6) is -0.207. The smallest absolute Gasteiger partial charge is 0.255 e. The van der Waals surface area contributed by atoms with Crippen molar-refractivity contribution in [2.45, 2.75) is 33.6 Å². The van der Waals surface area contributed by atoms with Gasteiger partial charge in [0, 0.05) is 40.0 Å². The first-order valence-corrected chi connectivity index (χ1v) is 8.78. The van der Waals surface area contributed by atoms with E-state index in [1.165, 1.54) is 0 Å². The van der Waals surface area contributed by atoms with Gasteiger partial charge in [0.05, 0.1) is 0 Å². The molecule has 3 aromatic rings. The largest absolute Gasteiger partial charge is 0.358 e. The molecule has 1 aromatic heterocycles. The summed E-state index contributed by atoms with van der Waals surface area (Å²) in [7, 11) is 0. The third-order valence-corrected chi connectivity index (χ3v) is 4.45. The lowest BCUT2D eigenvalue weighted by Gasteiger charge is -2.09. The molecule has 0 spiro atoms. The van der Waals surface area contributed by atoms with E-state index in [0.29, 0.717) is 23.4 Å². The lowest BCUT2D eigenvalue weighted by Crippen LogP contribution is -2.13. The third kappa shape index (κ3) is 3.77. The summed E-state index contributed by atoms with van der Waals surface area (Å²) in [4.78, 5) is 27.6. The van der Waals surface area contributed by atoms with Gasteiger partial charge in [0.25, 0.3) is 5.91 Å². The van der Waals surface area contributed by atoms with Gasteiger partial charge in [-0.1, -0.05) is 13.0 Å². The second kappa shape index (κ2) is 7.44. The minimum atomic E-state index is -0.179. The molecule has 5 nitrogen and oxygen atoms in total. The Labute approximate surface area is 152 Å². The van der Waals surface area contributed by atoms with E-state index in [9.17, 15) is 9.59 Å². The number of carbonyl (C=O) groups is 2. The van der Waals surface area contributed by atoms with Gasteiger partial charge in [-0.25, -0.2) is 0 Å². The maximum absolute atomic E-state index is 12.6. The van der Waals surface area contributed by atoms with Crippen LogP contribution in [0.4, 0.5) is 11.4 Å². The van der Waals surface area contributed by atoms with Gasteiger partial charge in [0.1, 0.15) is 0 Å². The van der Waals surface area contributed by atoms with E-state index >= 15 is 0 Å². The second-order valence-corrected chi connectivity index (χ2v) is 6.47. The van der Waals surface area contributed by atoms with Crippen LogP contribution in [-0.2, 0) is 4.79 Å². The number of nitrogens with one attached hydrogen (secondary N) is 3. The van der Waals surface area contributed by atoms with Crippen LogP contribution in [0.5, 0.6) is 0 Å². The first-order valence-electron chi connectivity index (χ1n) is 8.78. The topological polar surface area (TPSA) is 74.0 Å². The Hall–Kier alpha value is -3.08. The fourth-order valence-electron chi connectivity index (χ4n) is 2.93. The molecule has 1 heterocycles. The van der Waals surface area contributed by atoms with Crippen LogP contribution in [0.3, 0.4) is 0 Å². The van der Waals surface area contributed by atoms with Crippen molar-refractivity contribution in [2.24, 2.45) is 0 Å². The average Bonchev–Trinajstić information content (AvgIpc) is 2.89. The normalized spacial score (nSPS) is 10.7. The highest BCUT2D eigenvalue weighted by atomic mass is 16.2. The van der Waals surface area contributed by atoms with Crippen molar-refractivity contribution < 1.29 is 9.59 Å². The summed E-state index contributed by atoms with van der Waals surface area (Å²) >= 11 is 0. The van der Waals surface area contributed by atoms with Crippen LogP contribution in [-0.4, -0.2) is 16.8 Å². The van der Waals surface area contributed by atoms with Gasteiger partial charge in [-0.15, -0.1) is 0 Å². The van der Waals surface area contributed by atoms with E-state index in [1.54, 1.807) is 30.3 Å². The van der Waals surface area contributed by atoms with Crippen LogP contribution < -0.4 is 10.6 Å². The summed E-state index contributed by atoms with van der Waals surface area (Å²) in [5, 5.41) is 6.78. The number of hydrogen-bond acceptors (Lipinski definition) is 2. The lowest BCUT2D eigenvalue weighted by atomic mass is 10.1. The molecule has 26 heavy (non-hydrogen) atoms. The zero-order valence-electron chi connectivity index (χ0n) is 15.3. The van der Waals surface area contributed by atoms with Crippen LogP contribution in [0, 0.1) is 13.8 Å². The number of carbonyl (C=O) groups excluding carboxylic acids is 2. The van der Waals surface area contributed by atoms with E-state index < -0.39 is 0 Å². The van der Waals surface area contributed by atoms with Gasteiger partial charge in [0.15, 0.2) is 0 Å². The molecule has 0 saturated heterocycles. The Balaban J connectivity index is 1.77. The number of benzene rings is 2. The molecule has 5 heteroatoms. The summed E-state index contributed by atoms with van der Waals surface area (Å²) in [6.45, 7) is 6.02. The van der Waals surface area contributed by atoms with Crippen LogP contribution in [0.2, 0.25) is 0 Å². The van der Waals surface area contributed by atoms with Gasteiger partial charge in [0.2, 0.25) is 5.91 Å². The standard InChI is InChI=1S/C21H23N3O2/c1-4-6-20(25)23-16-7-5-8-17(12-16)24-21(26)15-9-10-19-18(11-15)13(2)14(3)22-19/h5,7-12,22H,4,6H2,1-3H3,(H,23,25)(H,24,26). The fourth-order valence-corrected chi connectivity index (χ4v) is 2.93. The Morgan fingerprint density at radius 2 is 1.73 bits per heavy atom. The molecule has 0 aliphatic carbocycles. The number of H-pyrrole nitrogens is 1. The van der Waals surface area contributed by atoms with E-state index in [1.807, 2.05) is 32.9 Å². The monoisotopic (exact) mass is 349 g/mol. The molecule has 134 valence electrons. The number of anilines is 2. The van der Waals surface area contributed by atoms with Crippen molar-refractivity contribution in [3.63, 3.8) is 0 Å². The zero-order valence-corrected chi connectivity index (χ0v) is 15.3. The predicted molar refractivity (Wildman–Crippen MR) is 106 cm³/mol. The van der Waals surface area contributed by atoms with Crippen molar-refractivity contribution in [1.29, 1.82) is 0 Å². The van der Waals surface area contributed by atoms with E-state index in [2.05, 4.69) is 15.6 Å². The number of aromatic nitrogens is 1. The lowest BCUT2D eigenvalue weighted by molar-refractivity contribution is -0.116. The predicted octanol–water partition coefficient (Wildman–Crippen LogP) is 4.78. The molecule has 2 amide bonds. The molecule has 0 fully saturated rings.